The average Bonchev–Trinajstić information content (AvgIpc) is 1.90. The number of thiophene rings is 2. The van der Waals surface area contributed by atoms with Crippen molar-refractivity contribution in [2.75, 3.05) is 26.2 Å². The molecule has 4 atom stereocenters. The number of amides is 4. The minimum atomic E-state index is -0.0873. The fourth-order valence-corrected chi connectivity index (χ4v) is 14.8. The molecule has 442 valence electrons. The molecule has 0 spiro atoms. The van der Waals surface area contributed by atoms with E-state index < -0.39 is 0 Å². The van der Waals surface area contributed by atoms with E-state index in [2.05, 4.69) is 107 Å². The molecule has 10 heteroatoms. The van der Waals surface area contributed by atoms with E-state index in [9.17, 15) is 0 Å². The Morgan fingerprint density at radius 2 is 0.537 bits per heavy atom. The Bertz CT molecular complexity index is 2770. The summed E-state index contributed by atoms with van der Waals surface area (Å²) in [5.41, 5.74) is 6.81. The number of fused-ring (bicyclic) bond motifs is 2. The second-order valence-electron chi connectivity index (χ2n) is 26.7. The summed E-state index contributed by atoms with van der Waals surface area (Å²) < 4.78 is 0. The first-order chi connectivity index (χ1) is 39.3. The highest BCUT2D eigenvalue weighted by atomic mass is 32.1. The average molecular weight is 1150 g/mol. The van der Waals surface area contributed by atoms with Crippen LogP contribution in [0.2, 0.25) is 0 Å². The van der Waals surface area contributed by atoms with Gasteiger partial charge in [-0.25, -0.2) is 0 Å². The number of nitrogens with zero attached hydrogens (tertiary/aromatic N) is 4. The zero-order valence-electron chi connectivity index (χ0n) is 52.1. The summed E-state index contributed by atoms with van der Waals surface area (Å²) in [6.45, 7) is 29.6. The summed E-state index contributed by atoms with van der Waals surface area (Å²) in [6.07, 6.45) is 17.2. The molecule has 2 aromatic heterocycles. The van der Waals surface area contributed by atoms with E-state index in [4.69, 9.17) is 0 Å². The first-order valence-electron chi connectivity index (χ1n) is 31.9. The van der Waals surface area contributed by atoms with Crippen LogP contribution < -0.4 is 0 Å². The topological polar surface area (TPSA) is 81.2 Å². The van der Waals surface area contributed by atoms with Crippen LogP contribution in [0.25, 0.3) is 32.5 Å². The third-order valence-corrected chi connectivity index (χ3v) is 20.1. The van der Waals surface area contributed by atoms with Crippen LogP contribution in [-0.4, -0.2) is 69.4 Å². The minimum absolute atomic E-state index is 0.0873. The molecule has 82 heavy (non-hydrogen) atoms. The van der Waals surface area contributed by atoms with Gasteiger partial charge in [0.15, 0.2) is 0 Å². The fourth-order valence-electron chi connectivity index (χ4n) is 12.6. The van der Waals surface area contributed by atoms with Crippen molar-refractivity contribution in [1.82, 2.24) is 19.6 Å². The van der Waals surface area contributed by atoms with Gasteiger partial charge < -0.3 is 19.6 Å². The van der Waals surface area contributed by atoms with Crippen LogP contribution in [0.15, 0.2) is 107 Å². The summed E-state index contributed by atoms with van der Waals surface area (Å²) in [5.74, 6) is 3.98. The van der Waals surface area contributed by atoms with Gasteiger partial charge in [-0.15, -0.1) is 22.7 Å². The molecule has 2 aromatic carbocycles. The number of carbonyl (C=O) groups excluding carboxylic acids is 4. The summed E-state index contributed by atoms with van der Waals surface area (Å²) >= 11 is 3.24. The smallest absolute Gasteiger partial charge is 0.261 e. The molecule has 0 radical (unpaired) electrons. The molecule has 0 saturated heterocycles. The van der Waals surface area contributed by atoms with Crippen molar-refractivity contribution in [3.05, 3.63) is 128 Å². The molecule has 0 fully saturated rings. The molecular formula is C72H98N4O4S2. The van der Waals surface area contributed by atoms with E-state index >= 15 is 19.2 Å². The van der Waals surface area contributed by atoms with E-state index in [0.29, 0.717) is 95.8 Å². The quantitative estimate of drug-likeness (QED) is 0.0476. The van der Waals surface area contributed by atoms with Crippen molar-refractivity contribution < 1.29 is 19.2 Å². The zero-order chi connectivity index (χ0) is 58.8. The number of hydrogen-bond donors (Lipinski definition) is 0. The molecule has 0 N–H and O–H groups in total. The third kappa shape index (κ3) is 14.9. The molecule has 0 saturated carbocycles. The van der Waals surface area contributed by atoms with Crippen molar-refractivity contribution in [2.24, 2.45) is 47.3 Å². The van der Waals surface area contributed by atoms with Crippen molar-refractivity contribution >= 4 is 69.1 Å². The van der Waals surface area contributed by atoms with Gasteiger partial charge >= 0.3 is 0 Å². The van der Waals surface area contributed by atoms with Gasteiger partial charge in [-0.05, 0) is 108 Å². The number of carbonyl (C=O) groups is 4. The summed E-state index contributed by atoms with van der Waals surface area (Å²) in [6, 6.07) is 28.6. The lowest BCUT2D eigenvalue weighted by Crippen LogP contribution is -2.31. The highest BCUT2D eigenvalue weighted by molar-refractivity contribution is 7.23. The maximum atomic E-state index is 15.3. The lowest BCUT2D eigenvalue weighted by Gasteiger charge is -2.26. The van der Waals surface area contributed by atoms with E-state index in [-0.39, 0.29) is 23.6 Å². The molecule has 4 unspecified atom stereocenters. The van der Waals surface area contributed by atoms with Crippen molar-refractivity contribution in [1.29, 1.82) is 0 Å². The highest BCUT2D eigenvalue weighted by Crippen LogP contribution is 2.52. The van der Waals surface area contributed by atoms with Crippen LogP contribution in [-0.2, 0) is 19.2 Å². The lowest BCUT2D eigenvalue weighted by molar-refractivity contribution is -0.124. The Morgan fingerprint density at radius 1 is 0.293 bits per heavy atom. The summed E-state index contributed by atoms with van der Waals surface area (Å²) in [5, 5.41) is 0. The predicted octanol–water partition coefficient (Wildman–Crippen LogP) is 18.5. The molecule has 6 heterocycles. The fraction of sp³-hybridized carbons (Fsp3) is 0.556. The maximum Gasteiger partial charge on any atom is 0.261 e. The van der Waals surface area contributed by atoms with Crippen molar-refractivity contribution in [2.45, 2.75) is 186 Å². The third-order valence-electron chi connectivity index (χ3n) is 17.7. The second kappa shape index (κ2) is 29.0. The van der Waals surface area contributed by atoms with Gasteiger partial charge in [0.2, 0.25) is 0 Å². The van der Waals surface area contributed by atoms with Gasteiger partial charge in [-0.1, -0.05) is 221 Å². The van der Waals surface area contributed by atoms with Gasteiger partial charge in [0, 0.05) is 35.9 Å². The zero-order valence-corrected chi connectivity index (χ0v) is 53.7. The Hall–Kier alpha value is -5.32. The van der Waals surface area contributed by atoms with E-state index in [1.807, 2.05) is 80.3 Å². The van der Waals surface area contributed by atoms with Crippen LogP contribution >= 0.6 is 22.7 Å². The summed E-state index contributed by atoms with van der Waals surface area (Å²) in [4.78, 5) is 72.9. The highest BCUT2D eigenvalue weighted by Gasteiger charge is 2.51. The first-order valence-corrected chi connectivity index (χ1v) is 33.5. The maximum absolute atomic E-state index is 15.3. The lowest BCUT2D eigenvalue weighted by atomic mass is 9.97. The minimum Gasteiger partial charge on any atom is -0.307 e. The van der Waals surface area contributed by atoms with Gasteiger partial charge in [-0.3, -0.25) is 19.2 Å². The van der Waals surface area contributed by atoms with Gasteiger partial charge in [0.25, 0.3) is 23.6 Å². The molecule has 0 bridgehead atoms. The van der Waals surface area contributed by atoms with Crippen LogP contribution in [0.3, 0.4) is 0 Å². The van der Waals surface area contributed by atoms with E-state index in [0.717, 1.165) is 118 Å². The first kappa shape index (κ1) is 62.7. The molecule has 4 aliphatic rings. The Morgan fingerprint density at radius 3 is 0.805 bits per heavy atom. The van der Waals surface area contributed by atoms with E-state index in [1.165, 1.54) is 38.5 Å². The standard InChI is InChI=1S/C72H98N4O4S2/c1-47(2)23-19-27-51(9)39-43-73-65(55-31-15-13-16-32-55)61-63(71(73)79)67(75(69(61)77)45-41-53(11)29-21-25-49(5)6)59-37-35-57(81-59)58-36-38-60(82-58)68-64-62(70(78)76(68)46-42-54(12)30-22-26-50(7)8)66(56-33-17-14-18-34-56)74(72(64)80)44-40-52(10)28-20-24-48(3)4/h13-18,31-38,47-54H,19-30,39-46H2,1-12H3. The van der Waals surface area contributed by atoms with Crippen molar-refractivity contribution in [3.8, 4) is 9.75 Å². The number of rotatable bonds is 33. The molecule has 4 aliphatic heterocycles. The van der Waals surface area contributed by atoms with Crippen LogP contribution in [0.5, 0.6) is 0 Å². The van der Waals surface area contributed by atoms with Crippen LogP contribution in [0.4, 0.5) is 0 Å². The van der Waals surface area contributed by atoms with E-state index in [1.54, 1.807) is 22.7 Å². The van der Waals surface area contributed by atoms with Gasteiger partial charge in [0.1, 0.15) is 0 Å². The Balaban J connectivity index is 1.18. The molecule has 0 aliphatic carbocycles. The molecule has 8 rings (SSSR count). The Labute approximate surface area is 502 Å². The number of hydrogen-bond acceptors (Lipinski definition) is 6. The molecule has 4 aromatic rings. The SMILES string of the molecule is CC(C)CCCC(C)CCN1C(=O)C2=C(c3ccc(-c4ccc(C5=C6C(=O)N(CCC(C)CCCC(C)C)C(c7ccccc7)=C6C(=O)N5CCC(C)CCCC(C)C)s4)s3)N(CCC(C)CCCC(C)C)C(=O)C2=C1c1ccccc1. The molecular weight excluding hydrogens is 1050 g/mol. The van der Waals surface area contributed by atoms with Gasteiger partial charge in [-0.2, -0.15) is 0 Å². The second-order valence-corrected chi connectivity index (χ2v) is 28.8. The predicted molar refractivity (Wildman–Crippen MR) is 345 cm³/mol. The van der Waals surface area contributed by atoms with Crippen LogP contribution in [0.1, 0.15) is 207 Å². The van der Waals surface area contributed by atoms with Crippen LogP contribution in [0, 0.1) is 47.3 Å². The Kier molecular flexibility index (Phi) is 22.2. The normalized spacial score (nSPS) is 17.3. The van der Waals surface area contributed by atoms with Crippen molar-refractivity contribution in [3.63, 3.8) is 0 Å². The largest absolute Gasteiger partial charge is 0.307 e. The summed E-state index contributed by atoms with van der Waals surface area (Å²) in [7, 11) is 0. The molecule has 8 nitrogen and oxygen atoms in total. The number of benzene rings is 2. The molecule has 4 amide bonds. The monoisotopic (exact) mass is 1150 g/mol. The van der Waals surface area contributed by atoms with Gasteiger partial charge in [0.05, 0.1) is 54.8 Å².